The summed E-state index contributed by atoms with van der Waals surface area (Å²) < 4.78 is 0. The van der Waals surface area contributed by atoms with E-state index in [0.717, 1.165) is 12.8 Å². The summed E-state index contributed by atoms with van der Waals surface area (Å²) in [7, 11) is 0. The van der Waals surface area contributed by atoms with Crippen LogP contribution in [0.25, 0.3) is 0 Å². The maximum Gasteiger partial charge on any atom is -0.00203 e. The molecule has 0 heterocycles. The molecule has 0 N–H and O–H groups in total. The van der Waals surface area contributed by atoms with Gasteiger partial charge in [-0.15, -0.1) is 0 Å². The Morgan fingerprint density at radius 1 is 0.615 bits per heavy atom. The lowest BCUT2D eigenvalue weighted by Crippen LogP contribution is -2.15. The first-order chi connectivity index (χ1) is 19.2. The van der Waals surface area contributed by atoms with Gasteiger partial charge in [0.25, 0.3) is 0 Å². The van der Waals surface area contributed by atoms with Crippen molar-refractivity contribution >= 4 is 0 Å². The fraction of sp³-hybridized carbons (Fsp3) is 0.231. The second kappa shape index (κ2) is 13.3. The summed E-state index contributed by atoms with van der Waals surface area (Å²) in [4.78, 5) is 0. The lowest BCUT2D eigenvalue weighted by Gasteiger charge is -2.30. The number of aryl methyl sites for hydroxylation is 2. The number of fused-ring (bicyclic) bond motifs is 1. The minimum atomic E-state index is 0.618. The Kier molecular flexibility index (Phi) is 9.07. The van der Waals surface area contributed by atoms with Gasteiger partial charge < -0.3 is 0 Å². The summed E-state index contributed by atoms with van der Waals surface area (Å²) in [5.41, 5.74) is 11.7. The van der Waals surface area contributed by atoms with Gasteiger partial charge in [0.1, 0.15) is 0 Å². The standard InChI is InChI=1S/C21H20.C18H20/c1-17-9-8-14-20(15-18-10-4-2-5-11-18)21(17)16-19-12-6-3-7-13-19;1-14(15-8-3-2-4-9-15)17-13-7-11-16-10-5-6-12-18(16)17/h2-14H,15-16H2,1H3;2-6,8-10,12,14,17H,7,11,13H2,1H3. The van der Waals surface area contributed by atoms with Gasteiger partial charge in [-0.1, -0.05) is 140 Å². The Balaban J connectivity index is 0.000000160. The van der Waals surface area contributed by atoms with E-state index in [2.05, 4.69) is 147 Å². The molecule has 0 aliphatic heterocycles. The van der Waals surface area contributed by atoms with Gasteiger partial charge in [-0.25, -0.2) is 0 Å². The lowest BCUT2D eigenvalue weighted by atomic mass is 9.74. The monoisotopic (exact) mass is 508 g/mol. The molecule has 6 rings (SSSR count). The summed E-state index contributed by atoms with van der Waals surface area (Å²) in [6, 6.07) is 48.0. The molecule has 0 aromatic heterocycles. The van der Waals surface area contributed by atoms with Crippen LogP contribution in [-0.4, -0.2) is 0 Å². The molecule has 0 heteroatoms. The van der Waals surface area contributed by atoms with Crippen molar-refractivity contribution in [2.24, 2.45) is 0 Å². The van der Waals surface area contributed by atoms with Crippen molar-refractivity contribution in [1.82, 2.24) is 0 Å². The molecule has 2 atom stereocenters. The summed E-state index contributed by atoms with van der Waals surface area (Å²) in [6.07, 6.45) is 5.93. The van der Waals surface area contributed by atoms with Crippen molar-refractivity contribution in [2.75, 3.05) is 0 Å². The molecular formula is C39H40. The van der Waals surface area contributed by atoms with E-state index in [1.807, 2.05) is 0 Å². The average Bonchev–Trinajstić information content (AvgIpc) is 3.00. The van der Waals surface area contributed by atoms with Gasteiger partial charge in [-0.3, -0.25) is 0 Å². The molecule has 0 fully saturated rings. The van der Waals surface area contributed by atoms with Gasteiger partial charge >= 0.3 is 0 Å². The summed E-state index contributed by atoms with van der Waals surface area (Å²) in [6.45, 7) is 4.59. The predicted octanol–water partition coefficient (Wildman–Crippen LogP) is 10.1. The molecule has 0 saturated carbocycles. The van der Waals surface area contributed by atoms with Crippen LogP contribution in [0, 0.1) is 6.92 Å². The molecule has 2 unspecified atom stereocenters. The normalized spacial score (nSPS) is 15.0. The molecule has 0 nitrogen and oxygen atoms in total. The molecule has 39 heavy (non-hydrogen) atoms. The van der Waals surface area contributed by atoms with Gasteiger partial charge in [0.05, 0.1) is 0 Å². The molecule has 196 valence electrons. The van der Waals surface area contributed by atoms with Gasteiger partial charge in [-0.2, -0.15) is 0 Å². The van der Waals surface area contributed by atoms with E-state index >= 15 is 0 Å². The maximum atomic E-state index is 2.38. The van der Waals surface area contributed by atoms with Crippen molar-refractivity contribution in [3.8, 4) is 0 Å². The zero-order chi connectivity index (χ0) is 26.9. The first-order valence-corrected chi connectivity index (χ1v) is 14.5. The molecular weight excluding hydrogens is 468 g/mol. The Morgan fingerprint density at radius 3 is 1.90 bits per heavy atom. The van der Waals surface area contributed by atoms with E-state index in [-0.39, 0.29) is 0 Å². The van der Waals surface area contributed by atoms with E-state index in [0.29, 0.717) is 11.8 Å². The van der Waals surface area contributed by atoms with Gasteiger partial charge in [0.15, 0.2) is 0 Å². The summed E-state index contributed by atoms with van der Waals surface area (Å²) >= 11 is 0. The Morgan fingerprint density at radius 2 is 1.21 bits per heavy atom. The second-order valence-electron chi connectivity index (χ2n) is 10.9. The highest BCUT2D eigenvalue weighted by Crippen LogP contribution is 2.41. The Hall–Kier alpha value is -3.90. The summed E-state index contributed by atoms with van der Waals surface area (Å²) in [5.74, 6) is 1.31. The van der Waals surface area contributed by atoms with Crippen LogP contribution < -0.4 is 0 Å². The highest BCUT2D eigenvalue weighted by atomic mass is 14.3. The topological polar surface area (TPSA) is 0 Å². The van der Waals surface area contributed by atoms with Crippen molar-refractivity contribution in [3.05, 3.63) is 178 Å². The third kappa shape index (κ3) is 6.95. The van der Waals surface area contributed by atoms with Crippen LogP contribution in [-0.2, 0) is 19.3 Å². The minimum absolute atomic E-state index is 0.618. The number of benzene rings is 5. The molecule has 1 aliphatic carbocycles. The molecule has 0 amide bonds. The van der Waals surface area contributed by atoms with Crippen molar-refractivity contribution < 1.29 is 0 Å². The van der Waals surface area contributed by atoms with E-state index in [1.54, 1.807) is 11.1 Å². The highest BCUT2D eigenvalue weighted by molar-refractivity contribution is 5.41. The first kappa shape index (κ1) is 26.7. The fourth-order valence-electron chi connectivity index (χ4n) is 6.10. The molecule has 0 bridgehead atoms. The molecule has 0 radical (unpaired) electrons. The average molecular weight is 509 g/mol. The third-order valence-corrected chi connectivity index (χ3v) is 8.31. The van der Waals surface area contributed by atoms with E-state index in [4.69, 9.17) is 0 Å². The third-order valence-electron chi connectivity index (χ3n) is 8.31. The van der Waals surface area contributed by atoms with Crippen LogP contribution in [0.15, 0.2) is 133 Å². The van der Waals surface area contributed by atoms with Crippen molar-refractivity contribution in [2.45, 2.75) is 57.8 Å². The van der Waals surface area contributed by atoms with Crippen LogP contribution in [0.4, 0.5) is 0 Å². The van der Waals surface area contributed by atoms with Gasteiger partial charge in [0, 0.05) is 0 Å². The van der Waals surface area contributed by atoms with Crippen molar-refractivity contribution in [1.29, 1.82) is 0 Å². The fourth-order valence-corrected chi connectivity index (χ4v) is 6.10. The Labute approximate surface area is 235 Å². The quantitative estimate of drug-likeness (QED) is 0.214. The second-order valence-corrected chi connectivity index (χ2v) is 10.9. The van der Waals surface area contributed by atoms with E-state index < -0.39 is 0 Å². The van der Waals surface area contributed by atoms with Crippen molar-refractivity contribution in [3.63, 3.8) is 0 Å². The molecule has 0 saturated heterocycles. The molecule has 5 aromatic rings. The van der Waals surface area contributed by atoms with Crippen LogP contribution in [0.1, 0.15) is 76.1 Å². The largest absolute Gasteiger partial charge is 0.0622 e. The number of hydrogen-bond donors (Lipinski definition) is 0. The molecule has 0 spiro atoms. The van der Waals surface area contributed by atoms with Gasteiger partial charge in [-0.05, 0) is 95.4 Å². The van der Waals surface area contributed by atoms with E-state index in [1.165, 1.54) is 52.6 Å². The maximum absolute atomic E-state index is 2.38. The lowest BCUT2D eigenvalue weighted by molar-refractivity contribution is 0.488. The first-order valence-electron chi connectivity index (χ1n) is 14.5. The number of hydrogen-bond acceptors (Lipinski definition) is 0. The Bertz CT molecular complexity index is 1430. The van der Waals surface area contributed by atoms with Crippen LogP contribution >= 0.6 is 0 Å². The summed E-state index contributed by atoms with van der Waals surface area (Å²) in [5, 5.41) is 0. The van der Waals surface area contributed by atoms with Crippen LogP contribution in [0.5, 0.6) is 0 Å². The minimum Gasteiger partial charge on any atom is -0.0622 e. The predicted molar refractivity (Wildman–Crippen MR) is 167 cm³/mol. The highest BCUT2D eigenvalue weighted by Gasteiger charge is 2.25. The zero-order valence-corrected chi connectivity index (χ0v) is 23.4. The van der Waals surface area contributed by atoms with Crippen LogP contribution in [0.3, 0.4) is 0 Å². The SMILES string of the molecule is CC(c1ccccc1)C1CCCc2ccccc21.Cc1cccc(Cc2ccccc2)c1Cc1ccccc1. The molecule has 5 aromatic carbocycles. The molecule has 1 aliphatic rings. The zero-order valence-electron chi connectivity index (χ0n) is 23.4. The van der Waals surface area contributed by atoms with E-state index in [9.17, 15) is 0 Å². The van der Waals surface area contributed by atoms with Gasteiger partial charge in [0.2, 0.25) is 0 Å². The number of rotatable bonds is 6. The van der Waals surface area contributed by atoms with Crippen LogP contribution in [0.2, 0.25) is 0 Å². The smallest absolute Gasteiger partial charge is 0.00203 e.